The minimum Gasteiger partial charge on any atom is -0.289 e. The number of ketones is 1. The highest BCUT2D eigenvalue weighted by Gasteiger charge is 2.14. The molecule has 1 rings (SSSR count). The first kappa shape index (κ1) is 11.2. The van der Waals surface area contributed by atoms with Gasteiger partial charge in [-0.3, -0.25) is 4.79 Å². The monoisotopic (exact) mass is 192 g/mol. The van der Waals surface area contributed by atoms with E-state index in [0.29, 0.717) is 0 Å². The number of hydrogen-bond acceptors (Lipinski definition) is 1. The van der Waals surface area contributed by atoms with Crippen molar-refractivity contribution < 1.29 is 4.79 Å². The van der Waals surface area contributed by atoms with Crippen molar-refractivity contribution in [2.24, 2.45) is 0 Å². The smallest absolute Gasteiger partial charge is 0.184 e. The molecule has 0 saturated heterocycles. The first-order chi connectivity index (χ1) is 6.66. The lowest BCUT2D eigenvalue weighted by molar-refractivity contribution is -0.112. The maximum Gasteiger partial charge on any atom is 0.184 e. The van der Waals surface area contributed by atoms with Crippen LogP contribution in [0.25, 0.3) is 0 Å². The third kappa shape index (κ3) is 2.57. The summed E-state index contributed by atoms with van der Waals surface area (Å²) in [5.74, 6) is 0.282. The van der Waals surface area contributed by atoms with E-state index in [1.807, 2.05) is 6.92 Å². The maximum atomic E-state index is 12.0. The Morgan fingerprint density at radius 3 is 2.57 bits per heavy atom. The van der Waals surface area contributed by atoms with Gasteiger partial charge in [-0.2, -0.15) is 0 Å². The zero-order chi connectivity index (χ0) is 10.6. The molecule has 78 valence electrons. The molecule has 0 bridgehead atoms. The summed E-state index contributed by atoms with van der Waals surface area (Å²) in [6, 6.07) is 0. The summed E-state index contributed by atoms with van der Waals surface area (Å²) in [5, 5.41) is 0. The summed E-state index contributed by atoms with van der Waals surface area (Å²) >= 11 is 0. The van der Waals surface area contributed by atoms with E-state index in [1.165, 1.54) is 18.4 Å². The van der Waals surface area contributed by atoms with Gasteiger partial charge in [-0.05, 0) is 57.1 Å². The second-order valence-electron chi connectivity index (χ2n) is 4.06. The van der Waals surface area contributed by atoms with Gasteiger partial charge in [0, 0.05) is 0 Å². The molecule has 1 aliphatic carbocycles. The highest BCUT2D eigenvalue weighted by Crippen LogP contribution is 2.22. The van der Waals surface area contributed by atoms with Crippen LogP contribution in [0.5, 0.6) is 0 Å². The number of rotatable bonds is 3. The first-order valence-corrected chi connectivity index (χ1v) is 5.57. The van der Waals surface area contributed by atoms with Crippen molar-refractivity contribution in [3.05, 3.63) is 22.8 Å². The summed E-state index contributed by atoms with van der Waals surface area (Å²) in [6.45, 7) is 6.11. The molecule has 1 heteroatoms. The molecule has 0 saturated carbocycles. The van der Waals surface area contributed by atoms with Gasteiger partial charge in [-0.25, -0.2) is 0 Å². The largest absolute Gasteiger partial charge is 0.289 e. The van der Waals surface area contributed by atoms with Crippen molar-refractivity contribution in [1.82, 2.24) is 0 Å². The molecule has 1 aliphatic rings. The predicted molar refractivity (Wildman–Crippen MR) is 60.2 cm³/mol. The van der Waals surface area contributed by atoms with Crippen LogP contribution >= 0.6 is 0 Å². The number of hydrogen-bond donors (Lipinski definition) is 0. The average molecular weight is 192 g/mol. The van der Waals surface area contributed by atoms with Crippen molar-refractivity contribution >= 4 is 5.78 Å². The molecule has 0 aliphatic heterocycles. The molecule has 0 aromatic heterocycles. The second-order valence-corrected chi connectivity index (χ2v) is 4.06. The van der Waals surface area contributed by atoms with E-state index in [0.717, 1.165) is 30.4 Å². The Hall–Kier alpha value is -0.850. The standard InChI is InChI=1S/C13H20O/c1-4-10(2)11(3)13(14)12-8-6-5-7-9-12/h8H,4-7,9H2,1-3H3/b11-10+. The van der Waals surface area contributed by atoms with E-state index in [2.05, 4.69) is 19.9 Å². The van der Waals surface area contributed by atoms with Gasteiger partial charge in [0.05, 0.1) is 0 Å². The minimum absolute atomic E-state index is 0.282. The quantitative estimate of drug-likeness (QED) is 0.621. The zero-order valence-electron chi connectivity index (χ0n) is 9.52. The fourth-order valence-electron chi connectivity index (χ4n) is 1.74. The average Bonchev–Trinajstić information content (AvgIpc) is 2.27. The highest BCUT2D eigenvalue weighted by molar-refractivity contribution is 6.08. The fraction of sp³-hybridized carbons (Fsp3) is 0.615. The SMILES string of the molecule is CC/C(C)=C(\C)C(=O)C1=CCCCC1. The van der Waals surface area contributed by atoms with Gasteiger partial charge in [0.25, 0.3) is 0 Å². The van der Waals surface area contributed by atoms with Crippen LogP contribution in [0.15, 0.2) is 22.8 Å². The summed E-state index contributed by atoms with van der Waals surface area (Å²) in [4.78, 5) is 12.0. The summed E-state index contributed by atoms with van der Waals surface area (Å²) in [5.41, 5.74) is 3.23. The molecule has 0 spiro atoms. The maximum absolute atomic E-state index is 12.0. The van der Waals surface area contributed by atoms with Crippen molar-refractivity contribution in [3.63, 3.8) is 0 Å². The molecular formula is C13H20O. The van der Waals surface area contributed by atoms with Crippen molar-refractivity contribution in [1.29, 1.82) is 0 Å². The Morgan fingerprint density at radius 2 is 2.07 bits per heavy atom. The molecule has 1 nitrogen and oxygen atoms in total. The van der Waals surface area contributed by atoms with Crippen LogP contribution in [-0.2, 0) is 4.79 Å². The van der Waals surface area contributed by atoms with E-state index >= 15 is 0 Å². The summed E-state index contributed by atoms with van der Waals surface area (Å²) in [7, 11) is 0. The van der Waals surface area contributed by atoms with Crippen molar-refractivity contribution in [2.75, 3.05) is 0 Å². The van der Waals surface area contributed by atoms with E-state index in [9.17, 15) is 4.79 Å². The third-order valence-electron chi connectivity index (χ3n) is 3.09. The number of Topliss-reactive ketones (excluding diaryl/α,β-unsaturated/α-hetero) is 1. The molecule has 0 aromatic rings. The van der Waals surface area contributed by atoms with Gasteiger partial charge in [-0.1, -0.05) is 18.6 Å². The Morgan fingerprint density at radius 1 is 1.36 bits per heavy atom. The van der Waals surface area contributed by atoms with E-state index < -0.39 is 0 Å². The minimum atomic E-state index is 0.282. The molecule has 0 radical (unpaired) electrons. The number of carbonyl (C=O) groups excluding carboxylic acids is 1. The van der Waals surface area contributed by atoms with Crippen molar-refractivity contribution in [2.45, 2.75) is 52.9 Å². The first-order valence-electron chi connectivity index (χ1n) is 5.57. The van der Waals surface area contributed by atoms with Crippen molar-refractivity contribution in [3.8, 4) is 0 Å². The second kappa shape index (κ2) is 5.14. The Balaban J connectivity index is 2.79. The lowest BCUT2D eigenvalue weighted by Gasteiger charge is -2.13. The number of allylic oxidation sites excluding steroid dienone is 4. The lowest BCUT2D eigenvalue weighted by Crippen LogP contribution is -2.08. The van der Waals surface area contributed by atoms with Gasteiger partial charge in [0.2, 0.25) is 0 Å². The normalized spacial score (nSPS) is 18.6. The van der Waals surface area contributed by atoms with Crippen LogP contribution in [-0.4, -0.2) is 5.78 Å². The lowest BCUT2D eigenvalue weighted by atomic mass is 9.91. The molecular weight excluding hydrogens is 172 g/mol. The van der Waals surface area contributed by atoms with Crippen LogP contribution in [0.3, 0.4) is 0 Å². The molecule has 0 atom stereocenters. The van der Waals surface area contributed by atoms with Crippen LogP contribution in [0.1, 0.15) is 52.9 Å². The molecule has 0 heterocycles. The van der Waals surface area contributed by atoms with Gasteiger partial charge < -0.3 is 0 Å². The zero-order valence-corrected chi connectivity index (χ0v) is 9.52. The Bertz CT molecular complexity index is 282. The molecule has 0 amide bonds. The Labute approximate surface area is 86.9 Å². The number of carbonyl (C=O) groups is 1. The predicted octanol–water partition coefficient (Wildman–Crippen LogP) is 3.80. The molecule has 0 N–H and O–H groups in total. The highest BCUT2D eigenvalue weighted by atomic mass is 16.1. The molecule has 0 fully saturated rings. The Kier molecular flexibility index (Phi) is 4.12. The van der Waals surface area contributed by atoms with Crippen LogP contribution in [0.2, 0.25) is 0 Å². The molecule has 0 unspecified atom stereocenters. The summed E-state index contributed by atoms with van der Waals surface area (Å²) < 4.78 is 0. The fourth-order valence-corrected chi connectivity index (χ4v) is 1.74. The van der Waals surface area contributed by atoms with Crippen LogP contribution < -0.4 is 0 Å². The third-order valence-corrected chi connectivity index (χ3v) is 3.09. The van der Waals surface area contributed by atoms with Gasteiger partial charge in [0.15, 0.2) is 5.78 Å². The van der Waals surface area contributed by atoms with E-state index in [4.69, 9.17) is 0 Å². The van der Waals surface area contributed by atoms with E-state index in [1.54, 1.807) is 0 Å². The summed E-state index contributed by atoms with van der Waals surface area (Å²) in [6.07, 6.45) is 7.58. The van der Waals surface area contributed by atoms with Gasteiger partial charge in [-0.15, -0.1) is 0 Å². The molecule has 14 heavy (non-hydrogen) atoms. The van der Waals surface area contributed by atoms with Gasteiger partial charge >= 0.3 is 0 Å². The topological polar surface area (TPSA) is 17.1 Å². The van der Waals surface area contributed by atoms with Crippen LogP contribution in [0.4, 0.5) is 0 Å². The van der Waals surface area contributed by atoms with Crippen LogP contribution in [0, 0.1) is 0 Å². The van der Waals surface area contributed by atoms with E-state index in [-0.39, 0.29) is 5.78 Å². The molecule has 0 aromatic carbocycles. The van der Waals surface area contributed by atoms with Gasteiger partial charge in [0.1, 0.15) is 0 Å².